The molecule has 3 aromatic rings. The predicted molar refractivity (Wildman–Crippen MR) is 87.3 cm³/mol. The third-order valence-corrected chi connectivity index (χ3v) is 4.46. The summed E-state index contributed by atoms with van der Waals surface area (Å²) in [6.45, 7) is 0.886. The van der Waals surface area contributed by atoms with E-state index in [0.29, 0.717) is 0 Å². The van der Waals surface area contributed by atoms with Crippen molar-refractivity contribution in [3.8, 4) is 0 Å². The zero-order valence-corrected chi connectivity index (χ0v) is 12.7. The van der Waals surface area contributed by atoms with Crippen molar-refractivity contribution in [3.05, 3.63) is 82.7 Å². The first kappa shape index (κ1) is 13.4. The molecule has 0 radical (unpaired) electrons. The third kappa shape index (κ3) is 2.18. The summed E-state index contributed by atoms with van der Waals surface area (Å²) in [4.78, 5) is 2.31. The predicted octanol–water partition coefficient (Wildman–Crippen LogP) is 4.48. The Kier molecular flexibility index (Phi) is 3.35. The molecule has 0 N–H and O–H groups in total. The monoisotopic (exact) mass is 310 g/mol. The van der Waals surface area contributed by atoms with Gasteiger partial charge in [-0.2, -0.15) is 0 Å². The van der Waals surface area contributed by atoms with Gasteiger partial charge in [0.15, 0.2) is 0 Å². The largest absolute Gasteiger partial charge is 0.364 e. The van der Waals surface area contributed by atoms with Crippen LogP contribution < -0.4 is 4.90 Å². The Hall–Kier alpha value is -2.26. The van der Waals surface area contributed by atoms with Crippen molar-refractivity contribution >= 4 is 17.3 Å². The Morgan fingerprint density at radius 1 is 1.05 bits per heavy atom. The van der Waals surface area contributed by atoms with Crippen molar-refractivity contribution in [1.29, 1.82) is 0 Å². The van der Waals surface area contributed by atoms with Crippen LogP contribution in [0.1, 0.15) is 22.9 Å². The first-order valence-electron chi connectivity index (χ1n) is 7.34. The van der Waals surface area contributed by atoms with Gasteiger partial charge in [0.05, 0.1) is 10.7 Å². The smallest absolute Gasteiger partial charge is 0.127 e. The first-order chi connectivity index (χ1) is 10.8. The fraction of sp³-hybridized carbons (Fsp3) is 0.167. The van der Waals surface area contributed by atoms with Gasteiger partial charge in [0.25, 0.3) is 0 Å². The van der Waals surface area contributed by atoms with E-state index in [1.807, 2.05) is 24.3 Å². The van der Waals surface area contributed by atoms with Crippen molar-refractivity contribution in [3.63, 3.8) is 0 Å². The van der Waals surface area contributed by atoms with Crippen LogP contribution in [0.4, 0.5) is 5.69 Å². The van der Waals surface area contributed by atoms with Crippen LogP contribution in [0.5, 0.6) is 0 Å². The maximum atomic E-state index is 6.43. The van der Waals surface area contributed by atoms with Crippen LogP contribution in [0.3, 0.4) is 0 Å². The highest BCUT2D eigenvalue weighted by Gasteiger charge is 2.32. The molecular formula is C18H15ClN2O. The molecule has 0 fully saturated rings. The number of para-hydroxylation sites is 1. The molecule has 2 aromatic carbocycles. The van der Waals surface area contributed by atoms with Crippen LogP contribution in [0.15, 0.2) is 65.4 Å². The molecule has 110 valence electrons. The Labute approximate surface area is 134 Å². The van der Waals surface area contributed by atoms with Gasteiger partial charge in [0, 0.05) is 12.1 Å². The van der Waals surface area contributed by atoms with Gasteiger partial charge in [-0.05, 0) is 24.1 Å². The summed E-state index contributed by atoms with van der Waals surface area (Å²) in [6.07, 6.45) is 2.67. The van der Waals surface area contributed by atoms with E-state index in [0.717, 1.165) is 29.4 Å². The summed E-state index contributed by atoms with van der Waals surface area (Å²) in [6, 6.07) is 18.4. The van der Waals surface area contributed by atoms with E-state index in [4.69, 9.17) is 16.1 Å². The molecule has 1 aliphatic heterocycles. The van der Waals surface area contributed by atoms with Gasteiger partial charge in [-0.3, -0.25) is 0 Å². The van der Waals surface area contributed by atoms with Crippen molar-refractivity contribution in [2.45, 2.75) is 12.5 Å². The molecule has 0 spiro atoms. The van der Waals surface area contributed by atoms with Crippen molar-refractivity contribution in [2.24, 2.45) is 0 Å². The molecule has 22 heavy (non-hydrogen) atoms. The molecule has 4 rings (SSSR count). The lowest BCUT2D eigenvalue weighted by molar-refractivity contribution is 0.408. The highest BCUT2D eigenvalue weighted by atomic mass is 35.5. The maximum Gasteiger partial charge on any atom is 0.127 e. The minimum atomic E-state index is 0.0311. The summed E-state index contributed by atoms with van der Waals surface area (Å²) >= 11 is 6.43. The summed E-state index contributed by atoms with van der Waals surface area (Å²) in [7, 11) is 0. The molecule has 0 amide bonds. The zero-order chi connectivity index (χ0) is 14.9. The molecule has 1 aliphatic rings. The van der Waals surface area contributed by atoms with E-state index >= 15 is 0 Å². The van der Waals surface area contributed by atoms with Gasteiger partial charge in [0.1, 0.15) is 18.0 Å². The van der Waals surface area contributed by atoms with Gasteiger partial charge in [-0.15, -0.1) is 0 Å². The molecule has 0 bridgehead atoms. The van der Waals surface area contributed by atoms with Crippen LogP contribution in [0.25, 0.3) is 0 Å². The van der Waals surface area contributed by atoms with E-state index in [-0.39, 0.29) is 6.04 Å². The van der Waals surface area contributed by atoms with Crippen LogP contribution in [0.2, 0.25) is 5.02 Å². The lowest BCUT2D eigenvalue weighted by Gasteiger charge is -2.37. The molecule has 3 nitrogen and oxygen atoms in total. The molecule has 0 aliphatic carbocycles. The highest BCUT2D eigenvalue weighted by molar-refractivity contribution is 6.33. The van der Waals surface area contributed by atoms with Gasteiger partial charge < -0.3 is 9.42 Å². The molecule has 1 aromatic heterocycles. The van der Waals surface area contributed by atoms with E-state index < -0.39 is 0 Å². The quantitative estimate of drug-likeness (QED) is 0.699. The lowest BCUT2D eigenvalue weighted by atomic mass is 9.93. The van der Waals surface area contributed by atoms with Gasteiger partial charge in [-0.25, -0.2) is 0 Å². The molecule has 1 unspecified atom stereocenters. The van der Waals surface area contributed by atoms with E-state index in [2.05, 4.69) is 40.4 Å². The topological polar surface area (TPSA) is 29.3 Å². The number of halogens is 1. The van der Waals surface area contributed by atoms with E-state index in [1.165, 1.54) is 11.1 Å². The number of benzene rings is 2. The average Bonchev–Trinajstić information content (AvgIpc) is 3.04. The fourth-order valence-corrected chi connectivity index (χ4v) is 3.36. The van der Waals surface area contributed by atoms with E-state index in [9.17, 15) is 0 Å². The van der Waals surface area contributed by atoms with Crippen molar-refractivity contribution in [2.75, 3.05) is 11.4 Å². The summed E-state index contributed by atoms with van der Waals surface area (Å²) in [5.74, 6) is 0. The number of rotatable bonds is 2. The Balaban J connectivity index is 1.86. The van der Waals surface area contributed by atoms with Crippen LogP contribution in [-0.4, -0.2) is 11.7 Å². The average molecular weight is 311 g/mol. The van der Waals surface area contributed by atoms with Crippen LogP contribution >= 0.6 is 11.6 Å². The first-order valence-corrected chi connectivity index (χ1v) is 7.71. The van der Waals surface area contributed by atoms with Crippen LogP contribution in [-0.2, 0) is 6.42 Å². The SMILES string of the molecule is Clc1ccccc1N1CCc2conc2C1c1ccccc1. The fourth-order valence-electron chi connectivity index (χ4n) is 3.11. The second kappa shape index (κ2) is 5.50. The van der Waals surface area contributed by atoms with Crippen molar-refractivity contribution in [1.82, 2.24) is 5.16 Å². The second-order valence-electron chi connectivity index (χ2n) is 5.43. The standard InChI is InChI=1S/C18H15ClN2O/c19-15-8-4-5-9-16(15)21-11-10-14-12-22-20-17(14)18(21)13-6-2-1-3-7-13/h1-9,12,18H,10-11H2. The zero-order valence-electron chi connectivity index (χ0n) is 11.9. The third-order valence-electron chi connectivity index (χ3n) is 4.14. The molecule has 2 heterocycles. The molecule has 0 saturated heterocycles. The summed E-state index contributed by atoms with van der Waals surface area (Å²) < 4.78 is 5.22. The Morgan fingerprint density at radius 2 is 1.82 bits per heavy atom. The second-order valence-corrected chi connectivity index (χ2v) is 5.84. The molecular weight excluding hydrogens is 296 g/mol. The van der Waals surface area contributed by atoms with Gasteiger partial charge in [0.2, 0.25) is 0 Å². The molecule has 4 heteroatoms. The Bertz CT molecular complexity index is 785. The lowest BCUT2D eigenvalue weighted by Crippen LogP contribution is -2.36. The minimum Gasteiger partial charge on any atom is -0.364 e. The maximum absolute atomic E-state index is 6.43. The number of hydrogen-bond donors (Lipinski definition) is 0. The number of hydrogen-bond acceptors (Lipinski definition) is 3. The van der Waals surface area contributed by atoms with E-state index in [1.54, 1.807) is 6.26 Å². The van der Waals surface area contributed by atoms with Crippen molar-refractivity contribution < 1.29 is 4.52 Å². The number of nitrogens with zero attached hydrogens (tertiary/aromatic N) is 2. The minimum absolute atomic E-state index is 0.0311. The molecule has 1 atom stereocenters. The normalized spacial score (nSPS) is 17.3. The summed E-state index contributed by atoms with van der Waals surface area (Å²) in [5.41, 5.74) is 4.39. The summed E-state index contributed by atoms with van der Waals surface area (Å²) in [5, 5.41) is 5.02. The number of aromatic nitrogens is 1. The molecule has 0 saturated carbocycles. The Morgan fingerprint density at radius 3 is 2.64 bits per heavy atom. The number of fused-ring (bicyclic) bond motifs is 1. The number of anilines is 1. The van der Waals surface area contributed by atoms with Crippen LogP contribution in [0, 0.1) is 0 Å². The van der Waals surface area contributed by atoms with Gasteiger partial charge in [-0.1, -0.05) is 59.2 Å². The highest BCUT2D eigenvalue weighted by Crippen LogP contribution is 2.39. The van der Waals surface area contributed by atoms with Gasteiger partial charge >= 0.3 is 0 Å².